The van der Waals surface area contributed by atoms with Crippen LogP contribution in [0.3, 0.4) is 0 Å². The summed E-state index contributed by atoms with van der Waals surface area (Å²) in [4.78, 5) is 8.45. The summed E-state index contributed by atoms with van der Waals surface area (Å²) in [6, 6.07) is 8.48. The van der Waals surface area contributed by atoms with Crippen molar-refractivity contribution in [3.05, 3.63) is 41.0 Å². The van der Waals surface area contributed by atoms with E-state index in [-0.39, 0.29) is 11.6 Å². The molecule has 0 fully saturated rings. The smallest absolute Gasteiger partial charge is 0.262 e. The molecule has 0 aliphatic heterocycles. The van der Waals surface area contributed by atoms with Crippen molar-refractivity contribution in [3.63, 3.8) is 0 Å². The van der Waals surface area contributed by atoms with E-state index in [1.54, 1.807) is 43.6 Å². The van der Waals surface area contributed by atoms with E-state index in [9.17, 15) is 5.11 Å². The van der Waals surface area contributed by atoms with Crippen molar-refractivity contribution in [2.24, 2.45) is 0 Å². The van der Waals surface area contributed by atoms with Crippen molar-refractivity contribution in [3.8, 4) is 34.5 Å². The van der Waals surface area contributed by atoms with E-state index in [1.165, 1.54) is 0 Å². The van der Waals surface area contributed by atoms with Crippen molar-refractivity contribution in [1.82, 2.24) is 15.1 Å². The second kappa shape index (κ2) is 5.53. The van der Waals surface area contributed by atoms with Gasteiger partial charge in [-0.05, 0) is 30.3 Å². The molecule has 0 atom stereocenters. The molecular formula is C14H10BrN3O3. The lowest BCUT2D eigenvalue weighted by Crippen LogP contribution is -1.92. The van der Waals surface area contributed by atoms with Gasteiger partial charge in [-0.25, -0.2) is 4.98 Å². The molecule has 0 saturated carbocycles. The first-order valence-electron chi connectivity index (χ1n) is 6.01. The number of benzene rings is 1. The highest BCUT2D eigenvalue weighted by molar-refractivity contribution is 9.10. The molecule has 1 aromatic carbocycles. The Kier molecular flexibility index (Phi) is 3.57. The number of rotatable bonds is 3. The van der Waals surface area contributed by atoms with Gasteiger partial charge in [0, 0.05) is 10.7 Å². The second-order valence-electron chi connectivity index (χ2n) is 4.14. The summed E-state index contributed by atoms with van der Waals surface area (Å²) in [5.74, 6) is 1.10. The molecule has 0 bridgehead atoms. The van der Waals surface area contributed by atoms with Crippen molar-refractivity contribution in [1.29, 1.82) is 0 Å². The van der Waals surface area contributed by atoms with Crippen molar-refractivity contribution in [2.75, 3.05) is 7.11 Å². The Labute approximate surface area is 128 Å². The van der Waals surface area contributed by atoms with Crippen LogP contribution in [0.25, 0.3) is 23.0 Å². The summed E-state index contributed by atoms with van der Waals surface area (Å²) in [7, 11) is 1.54. The summed E-state index contributed by atoms with van der Waals surface area (Å²) in [5, 5.41) is 13.8. The summed E-state index contributed by atoms with van der Waals surface area (Å²) < 4.78 is 11.2. The van der Waals surface area contributed by atoms with Crippen molar-refractivity contribution < 1.29 is 14.4 Å². The predicted octanol–water partition coefficient (Wildman–Crippen LogP) is 3.28. The average molecular weight is 348 g/mol. The first-order valence-corrected chi connectivity index (χ1v) is 6.80. The number of pyridine rings is 1. The van der Waals surface area contributed by atoms with Gasteiger partial charge in [-0.3, -0.25) is 0 Å². The first-order chi connectivity index (χ1) is 10.2. The molecule has 2 aromatic heterocycles. The summed E-state index contributed by atoms with van der Waals surface area (Å²) in [5.41, 5.74) is 0.919. The third-order valence-corrected chi connectivity index (χ3v) is 3.31. The first kappa shape index (κ1) is 13.6. The van der Waals surface area contributed by atoms with Crippen molar-refractivity contribution >= 4 is 15.9 Å². The lowest BCUT2D eigenvalue weighted by atomic mass is 10.2. The van der Waals surface area contributed by atoms with Gasteiger partial charge in [0.15, 0.2) is 5.69 Å². The van der Waals surface area contributed by atoms with E-state index in [1.807, 2.05) is 0 Å². The minimum absolute atomic E-state index is 0.0568. The summed E-state index contributed by atoms with van der Waals surface area (Å²) in [6.45, 7) is 0. The molecule has 0 aliphatic carbocycles. The van der Waals surface area contributed by atoms with Crippen LogP contribution in [-0.4, -0.2) is 27.3 Å². The van der Waals surface area contributed by atoms with Crippen LogP contribution in [0.15, 0.2) is 45.5 Å². The van der Waals surface area contributed by atoms with Crippen LogP contribution in [0.4, 0.5) is 0 Å². The lowest BCUT2D eigenvalue weighted by molar-refractivity contribution is 0.411. The molecule has 0 spiro atoms. The summed E-state index contributed by atoms with van der Waals surface area (Å²) in [6.07, 6.45) is 1.62. The third kappa shape index (κ3) is 2.59. The number of ether oxygens (including phenoxy) is 1. The number of halogens is 1. The molecule has 2 heterocycles. The topological polar surface area (TPSA) is 81.3 Å². The highest BCUT2D eigenvalue weighted by atomic mass is 79.9. The maximum Gasteiger partial charge on any atom is 0.262 e. The zero-order chi connectivity index (χ0) is 14.8. The number of phenolic OH excluding ortho intramolecular Hbond substituents is 1. The molecule has 21 heavy (non-hydrogen) atoms. The Morgan fingerprint density at radius 2 is 2.14 bits per heavy atom. The highest BCUT2D eigenvalue weighted by Gasteiger charge is 2.17. The number of aromatic nitrogens is 3. The number of aromatic hydroxyl groups is 1. The molecule has 1 N–H and O–H groups in total. The largest absolute Gasteiger partial charge is 0.507 e. The number of phenols is 1. The van der Waals surface area contributed by atoms with Gasteiger partial charge < -0.3 is 14.4 Å². The Hall–Kier alpha value is -2.41. The van der Waals surface area contributed by atoms with E-state index in [2.05, 4.69) is 31.1 Å². The van der Waals surface area contributed by atoms with Crippen LogP contribution in [0.1, 0.15) is 0 Å². The SMILES string of the molecule is COc1cccnc1-c1noc(-c2cc(Br)ccc2O)n1. The number of nitrogens with zero attached hydrogens (tertiary/aromatic N) is 3. The van der Waals surface area contributed by atoms with Gasteiger partial charge in [0.2, 0.25) is 5.82 Å². The normalized spacial score (nSPS) is 10.6. The number of hydrogen-bond donors (Lipinski definition) is 1. The fraction of sp³-hybridized carbons (Fsp3) is 0.0714. The Morgan fingerprint density at radius 1 is 1.29 bits per heavy atom. The van der Waals surface area contributed by atoms with Gasteiger partial charge in [-0.1, -0.05) is 21.1 Å². The maximum atomic E-state index is 9.88. The molecule has 3 rings (SSSR count). The molecule has 0 radical (unpaired) electrons. The maximum absolute atomic E-state index is 9.88. The zero-order valence-electron chi connectivity index (χ0n) is 10.9. The molecule has 0 amide bonds. The summed E-state index contributed by atoms with van der Waals surface area (Å²) >= 11 is 3.33. The van der Waals surface area contributed by atoms with Crippen LogP contribution >= 0.6 is 15.9 Å². The lowest BCUT2D eigenvalue weighted by Gasteiger charge is -2.02. The predicted molar refractivity (Wildman–Crippen MR) is 78.9 cm³/mol. The Balaban J connectivity index is 2.06. The average Bonchev–Trinajstić information content (AvgIpc) is 2.99. The molecular weight excluding hydrogens is 338 g/mol. The Bertz CT molecular complexity index is 789. The monoisotopic (exact) mass is 347 g/mol. The minimum Gasteiger partial charge on any atom is -0.507 e. The molecule has 3 aromatic rings. The van der Waals surface area contributed by atoms with E-state index in [0.29, 0.717) is 22.8 Å². The van der Waals surface area contributed by atoms with Crippen LogP contribution < -0.4 is 4.74 Å². The molecule has 106 valence electrons. The van der Waals surface area contributed by atoms with Crippen molar-refractivity contribution in [2.45, 2.75) is 0 Å². The van der Waals surface area contributed by atoms with Crippen LogP contribution in [-0.2, 0) is 0 Å². The number of methoxy groups -OCH3 is 1. The standard InChI is InChI=1S/C14H10BrN3O3/c1-20-11-3-2-6-16-12(11)13-17-14(21-18-13)9-7-8(15)4-5-10(9)19/h2-7,19H,1H3. The van der Waals surface area contributed by atoms with Gasteiger partial charge in [-0.15, -0.1) is 0 Å². The van der Waals surface area contributed by atoms with E-state index < -0.39 is 0 Å². The van der Waals surface area contributed by atoms with Gasteiger partial charge >= 0.3 is 0 Å². The van der Waals surface area contributed by atoms with Crippen LogP contribution in [0.5, 0.6) is 11.5 Å². The molecule has 6 nitrogen and oxygen atoms in total. The van der Waals surface area contributed by atoms with Gasteiger partial charge in [0.05, 0.1) is 12.7 Å². The fourth-order valence-corrected chi connectivity index (χ4v) is 2.19. The number of hydrogen-bond acceptors (Lipinski definition) is 6. The van der Waals surface area contributed by atoms with E-state index in [0.717, 1.165) is 4.47 Å². The Morgan fingerprint density at radius 3 is 2.95 bits per heavy atom. The quantitative estimate of drug-likeness (QED) is 0.782. The minimum atomic E-state index is 0.0568. The van der Waals surface area contributed by atoms with Crippen LogP contribution in [0.2, 0.25) is 0 Å². The molecule has 0 unspecified atom stereocenters. The van der Waals surface area contributed by atoms with Gasteiger partial charge in [-0.2, -0.15) is 4.98 Å². The fourth-order valence-electron chi connectivity index (χ4n) is 1.83. The molecule has 7 heteroatoms. The van der Waals surface area contributed by atoms with Crippen LogP contribution in [0, 0.1) is 0 Å². The van der Waals surface area contributed by atoms with E-state index in [4.69, 9.17) is 9.26 Å². The van der Waals surface area contributed by atoms with E-state index >= 15 is 0 Å². The van der Waals surface area contributed by atoms with Gasteiger partial charge in [0.25, 0.3) is 5.89 Å². The molecule has 0 saturated heterocycles. The second-order valence-corrected chi connectivity index (χ2v) is 5.05. The zero-order valence-corrected chi connectivity index (χ0v) is 12.5. The van der Waals surface area contributed by atoms with Gasteiger partial charge in [0.1, 0.15) is 11.5 Å². The molecule has 0 aliphatic rings. The third-order valence-electron chi connectivity index (χ3n) is 2.82. The highest BCUT2D eigenvalue weighted by Crippen LogP contribution is 2.33.